The van der Waals surface area contributed by atoms with Crippen LogP contribution in [0.2, 0.25) is 0 Å². The fourth-order valence-electron chi connectivity index (χ4n) is 1.30. The van der Waals surface area contributed by atoms with Crippen molar-refractivity contribution in [2.45, 2.75) is 13.0 Å². The van der Waals surface area contributed by atoms with Gasteiger partial charge in [0.2, 0.25) is 0 Å². The van der Waals surface area contributed by atoms with Crippen molar-refractivity contribution in [2.75, 3.05) is 26.2 Å². The highest BCUT2D eigenvalue weighted by Crippen LogP contribution is 2.04. The lowest BCUT2D eigenvalue weighted by Gasteiger charge is -2.32. The Morgan fingerprint density at radius 3 is 3.15 bits per heavy atom. The predicted octanol–water partition coefficient (Wildman–Crippen LogP) is -0.384. The van der Waals surface area contributed by atoms with Gasteiger partial charge in [-0.15, -0.1) is 0 Å². The second kappa shape index (κ2) is 4.81. The molecule has 1 N–H and O–H groups in total. The highest BCUT2D eigenvalue weighted by atomic mass is 16.6. The van der Waals surface area contributed by atoms with Crippen LogP contribution in [0.1, 0.15) is 6.92 Å². The second-order valence-electron chi connectivity index (χ2n) is 2.99. The third kappa shape index (κ3) is 2.69. The molecule has 1 rings (SSSR count). The molecule has 1 aliphatic heterocycles. The molecule has 0 aliphatic carbocycles. The van der Waals surface area contributed by atoms with E-state index in [1.165, 1.54) is 0 Å². The van der Waals surface area contributed by atoms with Crippen LogP contribution in [0.3, 0.4) is 0 Å². The van der Waals surface area contributed by atoms with Crippen LogP contribution in [-0.2, 0) is 9.53 Å². The summed E-state index contributed by atoms with van der Waals surface area (Å²) in [6.45, 7) is 3.97. The number of carbonyl (C=O) groups is 2. The maximum Gasteiger partial charge on any atom is 0.410 e. The molecule has 0 saturated carbocycles. The van der Waals surface area contributed by atoms with Crippen LogP contribution in [0.4, 0.5) is 4.79 Å². The summed E-state index contributed by atoms with van der Waals surface area (Å²) < 4.78 is 4.69. The molecule has 1 fully saturated rings. The zero-order valence-electron chi connectivity index (χ0n) is 7.66. The Bertz CT molecular complexity index is 196. The number of piperazine rings is 1. The summed E-state index contributed by atoms with van der Waals surface area (Å²) in [6, 6.07) is 0.132. The molecule has 74 valence electrons. The second-order valence-corrected chi connectivity index (χ2v) is 2.99. The summed E-state index contributed by atoms with van der Waals surface area (Å²) >= 11 is 0. The zero-order chi connectivity index (χ0) is 9.68. The molecule has 13 heavy (non-hydrogen) atoms. The molecule has 1 atom stereocenters. The summed E-state index contributed by atoms with van der Waals surface area (Å²) in [5, 5.41) is 3.16. The van der Waals surface area contributed by atoms with Crippen LogP contribution < -0.4 is 5.32 Å². The van der Waals surface area contributed by atoms with Crippen LogP contribution in [0.25, 0.3) is 0 Å². The van der Waals surface area contributed by atoms with E-state index in [-0.39, 0.29) is 12.6 Å². The van der Waals surface area contributed by atoms with Gasteiger partial charge in [0, 0.05) is 25.7 Å². The number of amides is 1. The molecular formula is C8H14N2O3. The van der Waals surface area contributed by atoms with Gasteiger partial charge in [-0.05, 0) is 6.92 Å². The molecule has 0 aromatic heterocycles. The lowest BCUT2D eigenvalue weighted by atomic mass is 10.2. The van der Waals surface area contributed by atoms with Crippen molar-refractivity contribution < 1.29 is 14.3 Å². The largest absolute Gasteiger partial charge is 0.442 e. The molecule has 1 amide bonds. The van der Waals surface area contributed by atoms with Crippen molar-refractivity contribution in [1.82, 2.24) is 10.2 Å². The first-order valence-electron chi connectivity index (χ1n) is 4.33. The topological polar surface area (TPSA) is 58.6 Å². The van der Waals surface area contributed by atoms with Gasteiger partial charge in [-0.25, -0.2) is 4.79 Å². The van der Waals surface area contributed by atoms with E-state index < -0.39 is 6.09 Å². The first-order chi connectivity index (χ1) is 6.25. The Morgan fingerprint density at radius 2 is 2.54 bits per heavy atom. The smallest absolute Gasteiger partial charge is 0.410 e. The number of nitrogens with one attached hydrogen (secondary N) is 1. The van der Waals surface area contributed by atoms with Crippen molar-refractivity contribution in [2.24, 2.45) is 0 Å². The van der Waals surface area contributed by atoms with Gasteiger partial charge in [0.05, 0.1) is 0 Å². The molecule has 1 saturated heterocycles. The zero-order valence-corrected chi connectivity index (χ0v) is 7.66. The minimum atomic E-state index is -0.402. The van der Waals surface area contributed by atoms with Crippen LogP contribution in [0, 0.1) is 0 Å². The summed E-state index contributed by atoms with van der Waals surface area (Å²) in [6.07, 6.45) is 0.172. The minimum Gasteiger partial charge on any atom is -0.442 e. The monoisotopic (exact) mass is 186 g/mol. The Hall–Kier alpha value is -1.10. The third-order valence-electron chi connectivity index (χ3n) is 2.01. The normalized spacial score (nSPS) is 22.5. The van der Waals surface area contributed by atoms with E-state index >= 15 is 0 Å². The van der Waals surface area contributed by atoms with Gasteiger partial charge in [0.15, 0.2) is 6.29 Å². The van der Waals surface area contributed by atoms with Crippen molar-refractivity contribution in [3.8, 4) is 0 Å². The van der Waals surface area contributed by atoms with E-state index in [1.54, 1.807) is 4.90 Å². The first-order valence-corrected chi connectivity index (χ1v) is 4.33. The van der Waals surface area contributed by atoms with Crippen LogP contribution in [0.5, 0.6) is 0 Å². The van der Waals surface area contributed by atoms with Crippen molar-refractivity contribution in [3.05, 3.63) is 0 Å². The van der Waals surface area contributed by atoms with Crippen molar-refractivity contribution in [3.63, 3.8) is 0 Å². The maximum atomic E-state index is 11.3. The Kier molecular flexibility index (Phi) is 3.70. The Labute approximate surface area is 77.0 Å². The van der Waals surface area contributed by atoms with E-state index in [0.717, 1.165) is 13.1 Å². The van der Waals surface area contributed by atoms with Crippen molar-refractivity contribution in [1.29, 1.82) is 0 Å². The highest BCUT2D eigenvalue weighted by Gasteiger charge is 2.23. The Balaban J connectivity index is 2.39. The molecule has 1 heterocycles. The lowest BCUT2D eigenvalue weighted by molar-refractivity contribution is -0.110. The Morgan fingerprint density at radius 1 is 1.77 bits per heavy atom. The van der Waals surface area contributed by atoms with E-state index in [1.807, 2.05) is 6.92 Å². The number of carbonyl (C=O) groups excluding carboxylic acids is 2. The molecule has 0 spiro atoms. The summed E-state index contributed by atoms with van der Waals surface area (Å²) in [4.78, 5) is 22.9. The highest BCUT2D eigenvalue weighted by molar-refractivity contribution is 5.70. The number of aldehydes is 1. The number of rotatable bonds is 2. The molecule has 5 heteroatoms. The van der Waals surface area contributed by atoms with Gasteiger partial charge in [-0.2, -0.15) is 0 Å². The minimum absolute atomic E-state index is 0.132. The summed E-state index contributed by atoms with van der Waals surface area (Å²) in [5.41, 5.74) is 0. The van der Waals surface area contributed by atoms with Crippen LogP contribution in [0.15, 0.2) is 0 Å². The van der Waals surface area contributed by atoms with Crippen molar-refractivity contribution >= 4 is 12.4 Å². The number of hydrogen-bond donors (Lipinski definition) is 1. The van der Waals surface area contributed by atoms with Gasteiger partial charge in [0.25, 0.3) is 0 Å². The SMILES string of the molecule is CC1CNCCN1C(=O)OCC=O. The third-order valence-corrected chi connectivity index (χ3v) is 2.01. The van der Waals surface area contributed by atoms with Crippen LogP contribution in [-0.4, -0.2) is 49.6 Å². The number of nitrogens with zero attached hydrogens (tertiary/aromatic N) is 1. The molecule has 0 radical (unpaired) electrons. The standard InChI is InChI=1S/C8H14N2O3/c1-7-6-9-2-3-10(7)8(12)13-5-4-11/h4,7,9H,2-3,5-6H2,1H3. The molecule has 1 unspecified atom stereocenters. The quantitative estimate of drug-likeness (QED) is 0.597. The average molecular weight is 186 g/mol. The molecule has 0 aromatic rings. The van der Waals surface area contributed by atoms with Gasteiger partial charge in [0.1, 0.15) is 6.61 Å². The lowest BCUT2D eigenvalue weighted by Crippen LogP contribution is -2.52. The fourth-order valence-corrected chi connectivity index (χ4v) is 1.30. The molecule has 1 aliphatic rings. The van der Waals surface area contributed by atoms with E-state index in [2.05, 4.69) is 5.32 Å². The molecular weight excluding hydrogens is 172 g/mol. The summed E-state index contributed by atoms with van der Waals surface area (Å²) in [7, 11) is 0. The van der Waals surface area contributed by atoms with Gasteiger partial charge < -0.3 is 15.0 Å². The van der Waals surface area contributed by atoms with E-state index in [0.29, 0.717) is 12.8 Å². The van der Waals surface area contributed by atoms with Gasteiger partial charge in [-0.1, -0.05) is 0 Å². The van der Waals surface area contributed by atoms with E-state index in [4.69, 9.17) is 4.74 Å². The van der Waals surface area contributed by atoms with Crippen LogP contribution >= 0.6 is 0 Å². The fraction of sp³-hybridized carbons (Fsp3) is 0.750. The van der Waals surface area contributed by atoms with Gasteiger partial charge >= 0.3 is 6.09 Å². The van der Waals surface area contributed by atoms with Gasteiger partial charge in [-0.3, -0.25) is 4.79 Å². The maximum absolute atomic E-state index is 11.3. The molecule has 5 nitrogen and oxygen atoms in total. The molecule has 0 bridgehead atoms. The van der Waals surface area contributed by atoms with E-state index in [9.17, 15) is 9.59 Å². The number of hydrogen-bond acceptors (Lipinski definition) is 4. The number of ether oxygens (including phenoxy) is 1. The molecule has 0 aromatic carbocycles. The average Bonchev–Trinajstić information content (AvgIpc) is 2.15. The summed E-state index contributed by atoms with van der Waals surface area (Å²) in [5.74, 6) is 0. The first kappa shape index (κ1) is 9.98. The predicted molar refractivity (Wildman–Crippen MR) is 46.4 cm³/mol.